The van der Waals surface area contributed by atoms with Crippen LogP contribution in [0.2, 0.25) is 5.02 Å². The van der Waals surface area contributed by atoms with E-state index in [1.165, 1.54) is 5.56 Å². The first-order valence-corrected chi connectivity index (χ1v) is 6.59. The van der Waals surface area contributed by atoms with Crippen LogP contribution in [0.5, 0.6) is 0 Å². The first-order chi connectivity index (χ1) is 8.76. The lowest BCUT2D eigenvalue weighted by atomic mass is 10.1. The Morgan fingerprint density at radius 2 is 2.22 bits per heavy atom. The third kappa shape index (κ3) is 2.74. The summed E-state index contributed by atoms with van der Waals surface area (Å²) < 4.78 is 2.13. The largest absolute Gasteiger partial charge is 0.316 e. The Hall–Kier alpha value is -1.32. The van der Waals surface area contributed by atoms with Gasteiger partial charge >= 0.3 is 0 Å². The second-order valence-corrected chi connectivity index (χ2v) is 4.70. The van der Waals surface area contributed by atoms with Gasteiger partial charge in [-0.1, -0.05) is 24.6 Å². The number of hydrogen-bond acceptors (Lipinski definition) is 2. The first-order valence-electron chi connectivity index (χ1n) is 6.22. The van der Waals surface area contributed by atoms with Crippen LogP contribution in [0.15, 0.2) is 30.6 Å². The van der Waals surface area contributed by atoms with Crippen LogP contribution in [0, 0.1) is 0 Å². The van der Waals surface area contributed by atoms with E-state index in [9.17, 15) is 0 Å². The van der Waals surface area contributed by atoms with Gasteiger partial charge in [-0.05, 0) is 31.2 Å². The van der Waals surface area contributed by atoms with Crippen molar-refractivity contribution in [3.63, 3.8) is 0 Å². The van der Waals surface area contributed by atoms with E-state index in [1.807, 2.05) is 31.6 Å². The van der Waals surface area contributed by atoms with E-state index in [0.717, 1.165) is 35.9 Å². The number of aromatic nitrogens is 2. The highest BCUT2D eigenvalue weighted by molar-refractivity contribution is 6.30. The van der Waals surface area contributed by atoms with Crippen molar-refractivity contribution in [1.29, 1.82) is 0 Å². The van der Waals surface area contributed by atoms with Crippen molar-refractivity contribution >= 4 is 11.6 Å². The zero-order valence-electron chi connectivity index (χ0n) is 10.8. The Morgan fingerprint density at radius 1 is 1.39 bits per heavy atom. The molecule has 1 N–H and O–H groups in total. The molecule has 0 atom stereocenters. The van der Waals surface area contributed by atoms with E-state index in [-0.39, 0.29) is 0 Å². The van der Waals surface area contributed by atoms with Crippen LogP contribution in [-0.4, -0.2) is 16.6 Å². The van der Waals surface area contributed by atoms with E-state index in [4.69, 9.17) is 11.6 Å². The maximum absolute atomic E-state index is 6.11. The van der Waals surface area contributed by atoms with E-state index in [0.29, 0.717) is 0 Å². The minimum atomic E-state index is 0.751. The number of aryl methyl sites for hydroxylation is 1. The molecule has 3 nitrogen and oxygen atoms in total. The zero-order valence-corrected chi connectivity index (χ0v) is 11.5. The van der Waals surface area contributed by atoms with E-state index in [1.54, 1.807) is 0 Å². The standard InChI is InChI=1S/C14H18ClN3/c1-3-4-14-17-7-8-18(14)13-9-12(15)6-5-11(13)10-16-2/h5-9,16H,3-4,10H2,1-2H3. The van der Waals surface area contributed by atoms with Gasteiger partial charge in [0.1, 0.15) is 5.82 Å². The second-order valence-electron chi connectivity index (χ2n) is 4.27. The van der Waals surface area contributed by atoms with Gasteiger partial charge in [-0.15, -0.1) is 0 Å². The van der Waals surface area contributed by atoms with Gasteiger partial charge < -0.3 is 9.88 Å². The molecule has 0 unspecified atom stereocenters. The van der Waals surface area contributed by atoms with Crippen molar-refractivity contribution in [2.45, 2.75) is 26.3 Å². The maximum atomic E-state index is 6.11. The molecule has 0 amide bonds. The van der Waals surface area contributed by atoms with Gasteiger partial charge in [0.25, 0.3) is 0 Å². The Bertz CT molecular complexity index is 520. The van der Waals surface area contributed by atoms with Gasteiger partial charge in [-0.3, -0.25) is 0 Å². The molecular formula is C14H18ClN3. The lowest BCUT2D eigenvalue weighted by Crippen LogP contribution is -2.10. The van der Waals surface area contributed by atoms with Gasteiger partial charge in [0.15, 0.2) is 0 Å². The quantitative estimate of drug-likeness (QED) is 0.898. The second kappa shape index (κ2) is 6.03. The molecule has 4 heteroatoms. The van der Waals surface area contributed by atoms with E-state index in [2.05, 4.69) is 27.9 Å². The molecule has 18 heavy (non-hydrogen) atoms. The summed E-state index contributed by atoms with van der Waals surface area (Å²) in [4.78, 5) is 4.41. The summed E-state index contributed by atoms with van der Waals surface area (Å²) in [6.07, 6.45) is 5.89. The number of halogens is 1. The maximum Gasteiger partial charge on any atom is 0.113 e. The van der Waals surface area contributed by atoms with Crippen molar-refractivity contribution in [3.8, 4) is 5.69 Å². The van der Waals surface area contributed by atoms with Crippen LogP contribution in [0.25, 0.3) is 5.69 Å². The SMILES string of the molecule is CCCc1nccn1-c1cc(Cl)ccc1CNC. The Morgan fingerprint density at radius 3 is 2.94 bits per heavy atom. The number of imidazole rings is 1. The molecule has 0 aliphatic carbocycles. The third-order valence-corrected chi connectivity index (χ3v) is 3.10. The van der Waals surface area contributed by atoms with Crippen LogP contribution in [-0.2, 0) is 13.0 Å². The molecular weight excluding hydrogens is 246 g/mol. The third-order valence-electron chi connectivity index (χ3n) is 2.87. The average molecular weight is 264 g/mol. The Labute approximate surface area is 113 Å². The predicted octanol–water partition coefficient (Wildman–Crippen LogP) is 3.20. The van der Waals surface area contributed by atoms with Crippen LogP contribution >= 0.6 is 11.6 Å². The number of nitrogens with one attached hydrogen (secondary N) is 1. The topological polar surface area (TPSA) is 29.9 Å². The lowest BCUT2D eigenvalue weighted by molar-refractivity contribution is 0.780. The normalized spacial score (nSPS) is 10.8. The highest BCUT2D eigenvalue weighted by atomic mass is 35.5. The van der Waals surface area contributed by atoms with Gasteiger partial charge in [0.05, 0.1) is 5.69 Å². The van der Waals surface area contributed by atoms with Crippen LogP contribution in [0.4, 0.5) is 0 Å². The molecule has 0 aliphatic rings. The first kappa shape index (κ1) is 13.1. The molecule has 0 saturated carbocycles. The molecule has 2 rings (SSSR count). The van der Waals surface area contributed by atoms with Gasteiger partial charge in [0, 0.05) is 30.4 Å². The summed E-state index contributed by atoms with van der Waals surface area (Å²) in [5.74, 6) is 1.08. The fraction of sp³-hybridized carbons (Fsp3) is 0.357. The van der Waals surface area contributed by atoms with Crippen LogP contribution in [0.3, 0.4) is 0 Å². The highest BCUT2D eigenvalue weighted by Gasteiger charge is 2.09. The monoisotopic (exact) mass is 263 g/mol. The van der Waals surface area contributed by atoms with Crippen LogP contribution in [0.1, 0.15) is 24.7 Å². The minimum absolute atomic E-state index is 0.751. The number of rotatable bonds is 5. The molecule has 0 aliphatic heterocycles. The molecule has 1 aromatic carbocycles. The summed E-state index contributed by atoms with van der Waals surface area (Å²) in [7, 11) is 1.94. The van der Waals surface area contributed by atoms with Crippen molar-refractivity contribution in [2.24, 2.45) is 0 Å². The summed E-state index contributed by atoms with van der Waals surface area (Å²) in [5, 5.41) is 3.93. The highest BCUT2D eigenvalue weighted by Crippen LogP contribution is 2.21. The van der Waals surface area contributed by atoms with Gasteiger partial charge in [-0.2, -0.15) is 0 Å². The Balaban J connectivity index is 2.47. The number of benzene rings is 1. The van der Waals surface area contributed by atoms with Crippen molar-refractivity contribution in [2.75, 3.05) is 7.05 Å². The smallest absolute Gasteiger partial charge is 0.113 e. The fourth-order valence-corrected chi connectivity index (χ4v) is 2.23. The molecule has 0 bridgehead atoms. The molecule has 0 saturated heterocycles. The van der Waals surface area contributed by atoms with E-state index >= 15 is 0 Å². The summed E-state index contributed by atoms with van der Waals surface area (Å²) in [6, 6.07) is 5.98. The number of nitrogens with zero attached hydrogens (tertiary/aromatic N) is 2. The van der Waals surface area contributed by atoms with Crippen molar-refractivity contribution < 1.29 is 0 Å². The summed E-state index contributed by atoms with van der Waals surface area (Å²) in [6.45, 7) is 2.97. The van der Waals surface area contributed by atoms with Gasteiger partial charge in [-0.25, -0.2) is 4.98 Å². The lowest BCUT2D eigenvalue weighted by Gasteiger charge is -2.13. The Kier molecular flexibility index (Phi) is 4.39. The van der Waals surface area contributed by atoms with Gasteiger partial charge in [0.2, 0.25) is 0 Å². The van der Waals surface area contributed by atoms with Crippen molar-refractivity contribution in [3.05, 3.63) is 47.0 Å². The predicted molar refractivity (Wildman–Crippen MR) is 75.3 cm³/mol. The molecule has 1 aromatic heterocycles. The molecule has 0 spiro atoms. The molecule has 0 radical (unpaired) electrons. The molecule has 96 valence electrons. The zero-order chi connectivity index (χ0) is 13.0. The fourth-order valence-electron chi connectivity index (χ4n) is 2.06. The number of hydrogen-bond donors (Lipinski definition) is 1. The van der Waals surface area contributed by atoms with Crippen molar-refractivity contribution in [1.82, 2.24) is 14.9 Å². The van der Waals surface area contributed by atoms with Crippen LogP contribution < -0.4 is 5.32 Å². The summed E-state index contributed by atoms with van der Waals surface area (Å²) in [5.41, 5.74) is 2.33. The molecule has 2 aromatic rings. The average Bonchev–Trinajstić information content (AvgIpc) is 2.80. The molecule has 1 heterocycles. The molecule has 0 fully saturated rings. The minimum Gasteiger partial charge on any atom is -0.316 e. The summed E-state index contributed by atoms with van der Waals surface area (Å²) >= 11 is 6.11. The van der Waals surface area contributed by atoms with E-state index < -0.39 is 0 Å².